The highest BCUT2D eigenvalue weighted by Crippen LogP contribution is 2.31. The number of hydrogen-bond acceptors (Lipinski definition) is 2. The summed E-state index contributed by atoms with van der Waals surface area (Å²) in [5, 5.41) is 4.54. The van der Waals surface area contributed by atoms with Gasteiger partial charge in [0.1, 0.15) is 0 Å². The molecule has 96 valence electrons. The van der Waals surface area contributed by atoms with Gasteiger partial charge in [0.15, 0.2) is 0 Å². The molecule has 0 atom stereocenters. The summed E-state index contributed by atoms with van der Waals surface area (Å²) in [5.74, 6) is 3.37. The third kappa shape index (κ3) is 3.28. The van der Waals surface area contributed by atoms with Crippen molar-refractivity contribution in [1.82, 2.24) is 9.78 Å². The summed E-state index contributed by atoms with van der Waals surface area (Å²) < 4.78 is 3.26. The van der Waals surface area contributed by atoms with Crippen molar-refractivity contribution in [2.45, 2.75) is 44.8 Å². The molecule has 2 nitrogen and oxygen atoms in total. The van der Waals surface area contributed by atoms with Crippen LogP contribution in [0.2, 0.25) is 0 Å². The molecule has 1 saturated carbocycles. The van der Waals surface area contributed by atoms with E-state index in [2.05, 4.69) is 46.8 Å². The molecule has 0 N–H and O–H groups in total. The fourth-order valence-corrected chi connectivity index (χ4v) is 4.73. The zero-order chi connectivity index (χ0) is 12.3. The van der Waals surface area contributed by atoms with Crippen LogP contribution in [-0.4, -0.2) is 15.5 Å². The van der Waals surface area contributed by atoms with E-state index in [1.54, 1.807) is 0 Å². The summed E-state index contributed by atoms with van der Waals surface area (Å²) in [7, 11) is 2.05. The molecular formula is C13H21BrN2S. The smallest absolute Gasteiger partial charge is 0.0767 e. The lowest BCUT2D eigenvalue weighted by atomic mass is 10.1. The standard InChI is InChI=1S/C13H21BrN2S/c1-3-11-13(14)12(16(2)15-11)9-17-8-10-6-4-5-7-10/h10H,3-9H2,1-2H3. The van der Waals surface area contributed by atoms with E-state index in [0.717, 1.165) is 18.1 Å². The molecule has 0 bridgehead atoms. The van der Waals surface area contributed by atoms with Crippen molar-refractivity contribution in [3.8, 4) is 0 Å². The van der Waals surface area contributed by atoms with Gasteiger partial charge in [0.2, 0.25) is 0 Å². The SMILES string of the molecule is CCc1nn(C)c(CSCC2CCCC2)c1Br. The molecule has 0 saturated heterocycles. The zero-order valence-corrected chi connectivity index (χ0v) is 13.1. The third-order valence-corrected chi connectivity index (χ3v) is 5.67. The lowest BCUT2D eigenvalue weighted by Crippen LogP contribution is -2.00. The van der Waals surface area contributed by atoms with E-state index < -0.39 is 0 Å². The van der Waals surface area contributed by atoms with E-state index in [-0.39, 0.29) is 0 Å². The third-order valence-electron chi connectivity index (χ3n) is 3.57. The Morgan fingerprint density at radius 3 is 2.71 bits per heavy atom. The fraction of sp³-hybridized carbons (Fsp3) is 0.769. The Hall–Kier alpha value is 0.0400. The molecule has 1 fully saturated rings. The van der Waals surface area contributed by atoms with Gasteiger partial charge in [-0.05, 0) is 46.9 Å². The van der Waals surface area contributed by atoms with E-state index in [1.165, 1.54) is 47.3 Å². The highest BCUT2D eigenvalue weighted by Gasteiger charge is 2.16. The summed E-state index contributed by atoms with van der Waals surface area (Å²) in [4.78, 5) is 0. The van der Waals surface area contributed by atoms with Crippen molar-refractivity contribution in [2.75, 3.05) is 5.75 Å². The van der Waals surface area contributed by atoms with Gasteiger partial charge in [-0.3, -0.25) is 4.68 Å². The second kappa shape index (κ2) is 6.28. The van der Waals surface area contributed by atoms with Crippen molar-refractivity contribution in [3.05, 3.63) is 15.9 Å². The molecule has 1 heterocycles. The summed E-state index contributed by atoms with van der Waals surface area (Å²) in [6.45, 7) is 2.16. The summed E-state index contributed by atoms with van der Waals surface area (Å²) in [6, 6.07) is 0. The van der Waals surface area contributed by atoms with E-state index in [0.29, 0.717) is 0 Å². The molecule has 1 aromatic rings. The monoisotopic (exact) mass is 316 g/mol. The molecule has 2 rings (SSSR count). The summed E-state index contributed by atoms with van der Waals surface area (Å²) in [6.07, 6.45) is 6.78. The normalized spacial score (nSPS) is 16.9. The van der Waals surface area contributed by atoms with E-state index in [4.69, 9.17) is 0 Å². The Balaban J connectivity index is 1.87. The first kappa shape index (κ1) is 13.5. The lowest BCUT2D eigenvalue weighted by Gasteiger charge is -2.08. The van der Waals surface area contributed by atoms with Crippen LogP contribution in [0, 0.1) is 5.92 Å². The van der Waals surface area contributed by atoms with Gasteiger partial charge in [-0.1, -0.05) is 19.8 Å². The molecular weight excluding hydrogens is 296 g/mol. The zero-order valence-electron chi connectivity index (χ0n) is 10.7. The van der Waals surface area contributed by atoms with Crippen molar-refractivity contribution in [3.63, 3.8) is 0 Å². The van der Waals surface area contributed by atoms with Crippen molar-refractivity contribution >= 4 is 27.7 Å². The van der Waals surface area contributed by atoms with Crippen LogP contribution < -0.4 is 0 Å². The van der Waals surface area contributed by atoms with E-state index in [9.17, 15) is 0 Å². The number of halogens is 1. The van der Waals surface area contributed by atoms with Crippen LogP contribution in [0.3, 0.4) is 0 Å². The fourth-order valence-electron chi connectivity index (χ4n) is 2.48. The molecule has 0 radical (unpaired) electrons. The molecule has 1 aromatic heterocycles. The van der Waals surface area contributed by atoms with Crippen LogP contribution in [-0.2, 0) is 19.2 Å². The van der Waals surface area contributed by atoms with Gasteiger partial charge in [0.25, 0.3) is 0 Å². The first-order chi connectivity index (χ1) is 8.22. The maximum absolute atomic E-state index is 4.54. The Labute approximate surface area is 117 Å². The quantitative estimate of drug-likeness (QED) is 0.811. The Morgan fingerprint density at radius 2 is 2.12 bits per heavy atom. The predicted molar refractivity (Wildman–Crippen MR) is 78.4 cm³/mol. The Kier molecular flexibility index (Phi) is 4.97. The first-order valence-corrected chi connectivity index (χ1v) is 8.45. The van der Waals surface area contributed by atoms with Gasteiger partial charge >= 0.3 is 0 Å². The van der Waals surface area contributed by atoms with E-state index >= 15 is 0 Å². The molecule has 1 aliphatic carbocycles. The highest BCUT2D eigenvalue weighted by molar-refractivity contribution is 9.10. The van der Waals surface area contributed by atoms with Crippen LogP contribution in [0.5, 0.6) is 0 Å². The summed E-state index contributed by atoms with van der Waals surface area (Å²) >= 11 is 5.74. The molecule has 1 aliphatic rings. The molecule has 0 unspecified atom stereocenters. The highest BCUT2D eigenvalue weighted by atomic mass is 79.9. The van der Waals surface area contributed by atoms with Crippen molar-refractivity contribution in [2.24, 2.45) is 13.0 Å². The predicted octanol–water partition coefficient (Wildman–Crippen LogP) is 4.17. The average Bonchev–Trinajstić information content (AvgIpc) is 2.91. The van der Waals surface area contributed by atoms with Crippen LogP contribution in [0.1, 0.15) is 44.0 Å². The molecule has 0 amide bonds. The first-order valence-electron chi connectivity index (χ1n) is 6.50. The van der Waals surface area contributed by atoms with Crippen LogP contribution in [0.4, 0.5) is 0 Å². The second-order valence-electron chi connectivity index (χ2n) is 4.85. The second-order valence-corrected chi connectivity index (χ2v) is 6.67. The minimum absolute atomic E-state index is 0.970. The largest absolute Gasteiger partial charge is 0.270 e. The molecule has 4 heteroatoms. The number of aromatic nitrogens is 2. The number of hydrogen-bond donors (Lipinski definition) is 0. The molecule has 17 heavy (non-hydrogen) atoms. The topological polar surface area (TPSA) is 17.8 Å². The maximum Gasteiger partial charge on any atom is 0.0767 e. The number of thioether (sulfide) groups is 1. The van der Waals surface area contributed by atoms with Gasteiger partial charge in [-0.25, -0.2) is 0 Å². The number of nitrogens with zero attached hydrogens (tertiary/aromatic N) is 2. The molecule has 0 spiro atoms. The van der Waals surface area contributed by atoms with Crippen molar-refractivity contribution in [1.29, 1.82) is 0 Å². The average molecular weight is 317 g/mol. The van der Waals surface area contributed by atoms with Gasteiger partial charge in [0.05, 0.1) is 15.9 Å². The Bertz CT molecular complexity index is 370. The lowest BCUT2D eigenvalue weighted by molar-refractivity contribution is 0.622. The van der Waals surface area contributed by atoms with Gasteiger partial charge in [0, 0.05) is 12.8 Å². The van der Waals surface area contributed by atoms with Crippen LogP contribution in [0.25, 0.3) is 0 Å². The van der Waals surface area contributed by atoms with Gasteiger partial charge in [-0.2, -0.15) is 16.9 Å². The van der Waals surface area contributed by atoms with Crippen LogP contribution >= 0.6 is 27.7 Å². The van der Waals surface area contributed by atoms with Gasteiger partial charge < -0.3 is 0 Å². The molecule has 0 aromatic carbocycles. The van der Waals surface area contributed by atoms with Crippen LogP contribution in [0.15, 0.2) is 4.47 Å². The maximum atomic E-state index is 4.54. The van der Waals surface area contributed by atoms with E-state index in [1.807, 2.05) is 4.68 Å². The number of aryl methyl sites for hydroxylation is 2. The minimum Gasteiger partial charge on any atom is -0.270 e. The minimum atomic E-state index is 0.970. The molecule has 0 aliphatic heterocycles. The summed E-state index contributed by atoms with van der Waals surface area (Å²) in [5.41, 5.74) is 2.52. The number of rotatable bonds is 5. The van der Waals surface area contributed by atoms with Gasteiger partial charge in [-0.15, -0.1) is 0 Å². The Morgan fingerprint density at radius 1 is 1.41 bits per heavy atom. The van der Waals surface area contributed by atoms with Crippen molar-refractivity contribution < 1.29 is 0 Å².